The van der Waals surface area contributed by atoms with Crippen LogP contribution in [0, 0.1) is 0 Å². The van der Waals surface area contributed by atoms with Gasteiger partial charge in [0.05, 0.1) is 0 Å². The summed E-state index contributed by atoms with van der Waals surface area (Å²) in [5, 5.41) is 12.9. The maximum atomic E-state index is 11.5. The van der Waals surface area contributed by atoms with Gasteiger partial charge in [-0.15, -0.1) is 0 Å². The lowest BCUT2D eigenvalue weighted by Crippen LogP contribution is -2.50. The highest BCUT2D eigenvalue weighted by Gasteiger charge is 2.23. The summed E-state index contributed by atoms with van der Waals surface area (Å²) in [6.45, 7) is 4.55. The van der Waals surface area contributed by atoms with E-state index < -0.39 is 36.2 Å². The molecule has 0 saturated carbocycles. The van der Waals surface area contributed by atoms with E-state index in [1.54, 1.807) is 20.8 Å². The maximum absolute atomic E-state index is 11.5. The van der Waals surface area contributed by atoms with Crippen molar-refractivity contribution < 1.29 is 24.2 Å². The first-order valence-corrected chi connectivity index (χ1v) is 5.89. The summed E-state index contributed by atoms with van der Waals surface area (Å²) >= 11 is 3.91. The Kier molecular flexibility index (Phi) is 6.53. The molecule has 1 atom stereocenters. The van der Waals surface area contributed by atoms with E-state index in [1.807, 2.05) is 0 Å². The lowest BCUT2D eigenvalue weighted by atomic mass is 10.2. The standard InChI is InChI=1S/C10H18N2O5S/c1-10(2,3)17-9(16)12-6(5-18)8(15)11-4-7(13)14/h6,18H,4-5H2,1-3H3,(H,11,15)(H,12,16)(H,13,14). The summed E-state index contributed by atoms with van der Waals surface area (Å²) in [5.74, 6) is -1.76. The van der Waals surface area contributed by atoms with Crippen LogP contribution in [0.1, 0.15) is 20.8 Å². The Hall–Kier alpha value is -1.44. The molecule has 8 heteroatoms. The molecule has 0 rings (SSSR count). The number of alkyl carbamates (subject to hydrolysis) is 1. The number of ether oxygens (including phenoxy) is 1. The number of amides is 2. The molecule has 104 valence electrons. The van der Waals surface area contributed by atoms with Gasteiger partial charge in [0.1, 0.15) is 18.2 Å². The Bertz CT molecular complexity index is 327. The molecule has 0 aromatic carbocycles. The van der Waals surface area contributed by atoms with Gasteiger partial charge in [0, 0.05) is 5.75 Å². The molecule has 0 saturated heterocycles. The third-order valence-electron chi connectivity index (χ3n) is 1.60. The van der Waals surface area contributed by atoms with Crippen LogP contribution in [0.5, 0.6) is 0 Å². The van der Waals surface area contributed by atoms with E-state index in [4.69, 9.17) is 9.84 Å². The molecular formula is C10H18N2O5S. The highest BCUT2D eigenvalue weighted by atomic mass is 32.1. The minimum atomic E-state index is -1.17. The predicted octanol–water partition coefficient (Wildman–Crippen LogP) is 0.0103. The zero-order chi connectivity index (χ0) is 14.3. The second-order valence-corrected chi connectivity index (χ2v) is 4.86. The summed E-state index contributed by atoms with van der Waals surface area (Å²) in [5.41, 5.74) is -0.678. The van der Waals surface area contributed by atoms with Crippen LogP contribution >= 0.6 is 12.6 Å². The van der Waals surface area contributed by atoms with Crippen LogP contribution in [-0.2, 0) is 14.3 Å². The summed E-state index contributed by atoms with van der Waals surface area (Å²) < 4.78 is 4.97. The molecule has 3 N–H and O–H groups in total. The number of hydrogen-bond donors (Lipinski definition) is 4. The lowest BCUT2D eigenvalue weighted by Gasteiger charge is -2.22. The molecule has 0 radical (unpaired) electrons. The SMILES string of the molecule is CC(C)(C)OC(=O)NC(CS)C(=O)NCC(=O)O. The molecular weight excluding hydrogens is 260 g/mol. The first-order valence-electron chi connectivity index (χ1n) is 5.25. The summed E-state index contributed by atoms with van der Waals surface area (Å²) in [4.78, 5) is 33.2. The maximum Gasteiger partial charge on any atom is 0.408 e. The molecule has 7 nitrogen and oxygen atoms in total. The fourth-order valence-electron chi connectivity index (χ4n) is 0.930. The second-order valence-electron chi connectivity index (χ2n) is 4.49. The van der Waals surface area contributed by atoms with Gasteiger partial charge in [-0.05, 0) is 20.8 Å². The Balaban J connectivity index is 4.29. The van der Waals surface area contributed by atoms with Crippen molar-refractivity contribution in [1.29, 1.82) is 0 Å². The average Bonchev–Trinajstić information content (AvgIpc) is 2.19. The smallest absolute Gasteiger partial charge is 0.408 e. The van der Waals surface area contributed by atoms with Gasteiger partial charge < -0.3 is 20.5 Å². The Morgan fingerprint density at radius 3 is 2.28 bits per heavy atom. The van der Waals surface area contributed by atoms with Crippen molar-refractivity contribution in [2.75, 3.05) is 12.3 Å². The van der Waals surface area contributed by atoms with E-state index in [0.717, 1.165) is 0 Å². The minimum Gasteiger partial charge on any atom is -0.480 e. The second kappa shape index (κ2) is 7.10. The topological polar surface area (TPSA) is 105 Å². The van der Waals surface area contributed by atoms with E-state index in [-0.39, 0.29) is 5.75 Å². The third kappa shape index (κ3) is 7.77. The largest absolute Gasteiger partial charge is 0.480 e. The van der Waals surface area contributed by atoms with E-state index >= 15 is 0 Å². The van der Waals surface area contributed by atoms with Gasteiger partial charge in [0.15, 0.2) is 0 Å². The first-order chi connectivity index (χ1) is 8.15. The molecule has 0 aliphatic rings. The average molecular weight is 278 g/mol. The summed E-state index contributed by atoms with van der Waals surface area (Å²) in [6, 6.07) is -0.942. The van der Waals surface area contributed by atoms with Crippen LogP contribution in [0.3, 0.4) is 0 Å². The molecule has 0 spiro atoms. The summed E-state index contributed by atoms with van der Waals surface area (Å²) in [6.07, 6.45) is -0.757. The Labute approximate surface area is 111 Å². The van der Waals surface area contributed by atoms with E-state index in [1.165, 1.54) is 0 Å². The zero-order valence-electron chi connectivity index (χ0n) is 10.5. The van der Waals surface area contributed by atoms with Crippen LogP contribution in [-0.4, -0.2) is 47.0 Å². The van der Waals surface area contributed by atoms with Crippen molar-refractivity contribution in [3.63, 3.8) is 0 Å². The molecule has 0 bridgehead atoms. The lowest BCUT2D eigenvalue weighted by molar-refractivity contribution is -0.138. The van der Waals surface area contributed by atoms with Crippen molar-refractivity contribution in [2.24, 2.45) is 0 Å². The molecule has 2 amide bonds. The first kappa shape index (κ1) is 16.6. The Morgan fingerprint density at radius 2 is 1.89 bits per heavy atom. The van der Waals surface area contributed by atoms with E-state index in [0.29, 0.717) is 0 Å². The number of carbonyl (C=O) groups is 3. The Morgan fingerprint density at radius 1 is 1.33 bits per heavy atom. The van der Waals surface area contributed by atoms with Crippen molar-refractivity contribution in [3.05, 3.63) is 0 Å². The van der Waals surface area contributed by atoms with Gasteiger partial charge in [-0.1, -0.05) is 0 Å². The van der Waals surface area contributed by atoms with Crippen molar-refractivity contribution in [2.45, 2.75) is 32.4 Å². The molecule has 0 heterocycles. The van der Waals surface area contributed by atoms with Crippen LogP contribution in [0.15, 0.2) is 0 Å². The number of carboxylic acid groups (broad SMARTS) is 1. The van der Waals surface area contributed by atoms with E-state index in [2.05, 4.69) is 23.3 Å². The van der Waals surface area contributed by atoms with Crippen molar-refractivity contribution in [1.82, 2.24) is 10.6 Å². The van der Waals surface area contributed by atoms with Gasteiger partial charge in [0.25, 0.3) is 0 Å². The highest BCUT2D eigenvalue weighted by molar-refractivity contribution is 7.80. The fraction of sp³-hybridized carbons (Fsp3) is 0.700. The number of carbonyl (C=O) groups excluding carboxylic acids is 2. The van der Waals surface area contributed by atoms with Crippen LogP contribution in [0.2, 0.25) is 0 Å². The summed E-state index contributed by atoms with van der Waals surface area (Å²) in [7, 11) is 0. The van der Waals surface area contributed by atoms with Gasteiger partial charge in [-0.25, -0.2) is 4.79 Å². The number of rotatable bonds is 5. The quantitative estimate of drug-likeness (QED) is 0.530. The molecule has 1 unspecified atom stereocenters. The van der Waals surface area contributed by atoms with Crippen LogP contribution < -0.4 is 10.6 Å². The van der Waals surface area contributed by atoms with Crippen LogP contribution in [0.25, 0.3) is 0 Å². The monoisotopic (exact) mass is 278 g/mol. The number of carboxylic acids is 1. The normalized spacial score (nSPS) is 12.4. The predicted molar refractivity (Wildman–Crippen MR) is 67.7 cm³/mol. The molecule has 18 heavy (non-hydrogen) atoms. The minimum absolute atomic E-state index is 0.0324. The molecule has 0 fully saturated rings. The fourth-order valence-corrected chi connectivity index (χ4v) is 1.19. The van der Waals surface area contributed by atoms with Gasteiger partial charge >= 0.3 is 12.1 Å². The van der Waals surface area contributed by atoms with Gasteiger partial charge in [0.2, 0.25) is 5.91 Å². The van der Waals surface area contributed by atoms with Gasteiger partial charge in [-0.2, -0.15) is 12.6 Å². The number of aliphatic carboxylic acids is 1. The number of hydrogen-bond acceptors (Lipinski definition) is 5. The molecule has 0 aliphatic heterocycles. The third-order valence-corrected chi connectivity index (χ3v) is 1.97. The molecule has 0 aromatic heterocycles. The van der Waals surface area contributed by atoms with Crippen LogP contribution in [0.4, 0.5) is 4.79 Å². The molecule has 0 aromatic rings. The van der Waals surface area contributed by atoms with Crippen molar-refractivity contribution >= 4 is 30.6 Å². The zero-order valence-corrected chi connectivity index (χ0v) is 11.4. The van der Waals surface area contributed by atoms with Crippen molar-refractivity contribution in [3.8, 4) is 0 Å². The molecule has 0 aliphatic carbocycles. The number of nitrogens with one attached hydrogen (secondary N) is 2. The van der Waals surface area contributed by atoms with Gasteiger partial charge in [-0.3, -0.25) is 9.59 Å². The van der Waals surface area contributed by atoms with E-state index in [9.17, 15) is 14.4 Å². The number of thiol groups is 1. The highest BCUT2D eigenvalue weighted by Crippen LogP contribution is 2.06.